The Morgan fingerprint density at radius 1 is 1.38 bits per heavy atom. The molecule has 1 heteroatoms. The number of unbranched alkanes of at least 4 members (excludes halogenated alkanes) is 2. The molecule has 0 heterocycles. The van der Waals surface area contributed by atoms with E-state index < -0.39 is 0 Å². The van der Waals surface area contributed by atoms with Crippen LogP contribution < -0.4 is 0 Å². The van der Waals surface area contributed by atoms with Crippen LogP contribution in [0.1, 0.15) is 26.2 Å². The minimum absolute atomic E-state index is 1.10. The monoisotopic (exact) mass is 131 g/mol. The molecule has 0 aliphatic rings. The number of hydrogen-bond acceptors (Lipinski definition) is 1. The smallest absolute Gasteiger partial charge is 0.00676 e. The predicted molar refractivity (Wildman–Crippen MR) is 42.2 cm³/mol. The Bertz CT molecular complexity index is 29.4. The highest BCUT2D eigenvalue weighted by atomic mass is 32.2. The highest BCUT2D eigenvalue weighted by Gasteiger charge is 1.83. The predicted octanol–water partition coefficient (Wildman–Crippen LogP) is 2.74. The van der Waals surface area contributed by atoms with Gasteiger partial charge in [-0.2, -0.15) is 11.8 Å². The lowest BCUT2D eigenvalue weighted by molar-refractivity contribution is 0.821. The molecule has 0 aliphatic heterocycles. The Balaban J connectivity index is 2.53. The first kappa shape index (κ1) is 8.35. The normalized spacial score (nSPS) is 9.75. The minimum atomic E-state index is 1.10. The Kier molecular flexibility index (Phi) is 7.67. The van der Waals surface area contributed by atoms with Gasteiger partial charge in [0.05, 0.1) is 0 Å². The zero-order valence-corrected chi connectivity index (χ0v) is 6.47. The molecule has 0 aromatic rings. The average molecular weight is 131 g/mol. The Hall–Kier alpha value is 0.350. The third-order valence-corrected chi connectivity index (χ3v) is 1.98. The largest absolute Gasteiger partial charge is 0.162 e. The first-order valence-corrected chi connectivity index (χ1v) is 4.44. The van der Waals surface area contributed by atoms with E-state index in [0.29, 0.717) is 0 Å². The van der Waals surface area contributed by atoms with Crippen LogP contribution in [-0.4, -0.2) is 11.5 Å². The SMILES string of the molecule is [CH2]CCCCSCC. The Morgan fingerprint density at radius 2 is 2.12 bits per heavy atom. The minimum Gasteiger partial charge on any atom is -0.162 e. The van der Waals surface area contributed by atoms with Gasteiger partial charge in [-0.3, -0.25) is 0 Å². The molecule has 0 aliphatic carbocycles. The zero-order valence-electron chi connectivity index (χ0n) is 5.65. The maximum atomic E-state index is 3.77. The number of rotatable bonds is 5. The second-order valence-corrected chi connectivity index (χ2v) is 3.15. The van der Waals surface area contributed by atoms with Gasteiger partial charge in [0.1, 0.15) is 0 Å². The van der Waals surface area contributed by atoms with Crippen LogP contribution >= 0.6 is 11.8 Å². The van der Waals surface area contributed by atoms with Crippen molar-refractivity contribution in [2.45, 2.75) is 26.2 Å². The summed E-state index contributed by atoms with van der Waals surface area (Å²) < 4.78 is 0. The van der Waals surface area contributed by atoms with Gasteiger partial charge in [-0.15, -0.1) is 0 Å². The lowest BCUT2D eigenvalue weighted by Crippen LogP contribution is -1.78. The van der Waals surface area contributed by atoms with Crippen LogP contribution in [0.5, 0.6) is 0 Å². The number of hydrogen-bond donors (Lipinski definition) is 0. The molecule has 0 saturated carbocycles. The first-order chi connectivity index (χ1) is 3.91. The molecular weight excluding hydrogens is 116 g/mol. The van der Waals surface area contributed by atoms with E-state index in [9.17, 15) is 0 Å². The van der Waals surface area contributed by atoms with Gasteiger partial charge in [-0.25, -0.2) is 0 Å². The van der Waals surface area contributed by atoms with Crippen LogP contribution in [-0.2, 0) is 0 Å². The lowest BCUT2D eigenvalue weighted by atomic mass is 10.3. The molecule has 8 heavy (non-hydrogen) atoms. The van der Waals surface area contributed by atoms with Gasteiger partial charge in [0.25, 0.3) is 0 Å². The lowest BCUT2D eigenvalue weighted by Gasteiger charge is -1.94. The molecule has 0 fully saturated rings. The maximum Gasteiger partial charge on any atom is -0.00676 e. The van der Waals surface area contributed by atoms with Crippen LogP contribution in [0.25, 0.3) is 0 Å². The van der Waals surface area contributed by atoms with Crippen molar-refractivity contribution < 1.29 is 0 Å². The molecule has 0 aromatic carbocycles. The van der Waals surface area contributed by atoms with Crippen molar-refractivity contribution in [3.8, 4) is 0 Å². The molecule has 1 radical (unpaired) electrons. The van der Waals surface area contributed by atoms with E-state index in [4.69, 9.17) is 0 Å². The van der Waals surface area contributed by atoms with Crippen molar-refractivity contribution in [3.05, 3.63) is 6.92 Å². The summed E-state index contributed by atoms with van der Waals surface area (Å²) in [5, 5.41) is 0. The summed E-state index contributed by atoms with van der Waals surface area (Å²) in [5.41, 5.74) is 0. The fraction of sp³-hybridized carbons (Fsp3) is 0.857. The van der Waals surface area contributed by atoms with Crippen molar-refractivity contribution in [2.24, 2.45) is 0 Å². The van der Waals surface area contributed by atoms with Crippen LogP contribution in [0.2, 0.25) is 0 Å². The maximum absolute atomic E-state index is 3.77. The second kappa shape index (κ2) is 7.35. The van der Waals surface area contributed by atoms with Crippen LogP contribution in [0.3, 0.4) is 0 Å². The molecule has 0 aromatic heterocycles. The van der Waals surface area contributed by atoms with E-state index in [-0.39, 0.29) is 0 Å². The molecule has 0 amide bonds. The van der Waals surface area contributed by atoms with Crippen LogP contribution in [0, 0.1) is 6.92 Å². The summed E-state index contributed by atoms with van der Waals surface area (Å²) in [5.74, 6) is 2.59. The zero-order chi connectivity index (χ0) is 6.24. The Morgan fingerprint density at radius 3 is 2.62 bits per heavy atom. The van der Waals surface area contributed by atoms with E-state index in [1.807, 2.05) is 11.8 Å². The van der Waals surface area contributed by atoms with E-state index in [0.717, 1.165) is 6.42 Å². The fourth-order valence-electron chi connectivity index (χ4n) is 0.525. The number of thioether (sulfide) groups is 1. The molecule has 0 nitrogen and oxygen atoms in total. The van der Waals surface area contributed by atoms with Gasteiger partial charge < -0.3 is 0 Å². The van der Waals surface area contributed by atoms with Crippen molar-refractivity contribution >= 4 is 11.8 Å². The third kappa shape index (κ3) is 6.35. The quantitative estimate of drug-likeness (QED) is 0.517. The van der Waals surface area contributed by atoms with Crippen molar-refractivity contribution in [2.75, 3.05) is 11.5 Å². The van der Waals surface area contributed by atoms with Crippen LogP contribution in [0.15, 0.2) is 0 Å². The molecule has 0 N–H and O–H groups in total. The van der Waals surface area contributed by atoms with Crippen molar-refractivity contribution in [1.29, 1.82) is 0 Å². The van der Waals surface area contributed by atoms with Gasteiger partial charge in [0.2, 0.25) is 0 Å². The fourth-order valence-corrected chi connectivity index (χ4v) is 1.22. The van der Waals surface area contributed by atoms with E-state index in [2.05, 4.69) is 13.8 Å². The topological polar surface area (TPSA) is 0 Å². The van der Waals surface area contributed by atoms with E-state index >= 15 is 0 Å². The molecule has 0 atom stereocenters. The second-order valence-electron chi connectivity index (χ2n) is 1.76. The first-order valence-electron chi connectivity index (χ1n) is 3.28. The van der Waals surface area contributed by atoms with Gasteiger partial charge in [0.15, 0.2) is 0 Å². The summed E-state index contributed by atoms with van der Waals surface area (Å²) in [6.45, 7) is 5.98. The molecule has 0 saturated heterocycles. The van der Waals surface area contributed by atoms with Crippen molar-refractivity contribution in [1.82, 2.24) is 0 Å². The van der Waals surface area contributed by atoms with Gasteiger partial charge in [-0.1, -0.05) is 26.7 Å². The molecule has 0 unspecified atom stereocenters. The molecule has 49 valence electrons. The molecular formula is C7H15S. The summed E-state index contributed by atoms with van der Waals surface area (Å²) >= 11 is 2.02. The highest BCUT2D eigenvalue weighted by molar-refractivity contribution is 7.99. The molecule has 0 bridgehead atoms. The average Bonchev–Trinajstić information content (AvgIpc) is 1.81. The summed E-state index contributed by atoms with van der Waals surface area (Å²) in [6, 6.07) is 0. The summed E-state index contributed by atoms with van der Waals surface area (Å²) in [7, 11) is 0. The molecule has 0 spiro atoms. The Labute approximate surface area is 57.1 Å². The van der Waals surface area contributed by atoms with Crippen LogP contribution in [0.4, 0.5) is 0 Å². The highest BCUT2D eigenvalue weighted by Crippen LogP contribution is 2.03. The third-order valence-electron chi connectivity index (χ3n) is 0.993. The molecule has 0 rings (SSSR count). The summed E-state index contributed by atoms with van der Waals surface area (Å²) in [6.07, 6.45) is 3.75. The van der Waals surface area contributed by atoms with Crippen molar-refractivity contribution in [3.63, 3.8) is 0 Å². The van der Waals surface area contributed by atoms with Gasteiger partial charge in [0, 0.05) is 0 Å². The van der Waals surface area contributed by atoms with E-state index in [1.165, 1.54) is 24.3 Å². The standard InChI is InChI=1S/C7H15S/c1-3-5-6-7-8-4-2/h1,3-7H2,2H3. The van der Waals surface area contributed by atoms with Gasteiger partial charge >= 0.3 is 0 Å². The summed E-state index contributed by atoms with van der Waals surface area (Å²) in [4.78, 5) is 0. The van der Waals surface area contributed by atoms with E-state index in [1.54, 1.807) is 0 Å². The van der Waals surface area contributed by atoms with Gasteiger partial charge in [-0.05, 0) is 17.9 Å².